The van der Waals surface area contributed by atoms with Crippen molar-refractivity contribution in [3.63, 3.8) is 0 Å². The highest BCUT2D eigenvalue weighted by Gasteiger charge is 2.29. The number of hydrogen-bond donors (Lipinski definition) is 0. The summed E-state index contributed by atoms with van der Waals surface area (Å²) in [6.45, 7) is 11.8. The number of fused-ring (bicyclic) bond motifs is 1. The fourth-order valence-electron chi connectivity index (χ4n) is 6.32. The van der Waals surface area contributed by atoms with E-state index >= 15 is 0 Å². The summed E-state index contributed by atoms with van der Waals surface area (Å²) in [7, 11) is 5.46. The maximum absolute atomic E-state index is 5.53. The smallest absolute Gasteiger partial charge is 0.161 e. The monoisotopic (exact) mass is 490 g/mol. The van der Waals surface area contributed by atoms with Gasteiger partial charge in [-0.25, -0.2) is 4.98 Å². The molecule has 0 unspecified atom stereocenters. The van der Waals surface area contributed by atoms with E-state index in [0.717, 1.165) is 34.4 Å². The van der Waals surface area contributed by atoms with Crippen molar-refractivity contribution in [3.8, 4) is 22.9 Å². The lowest BCUT2D eigenvalue weighted by atomic mass is 9.87. The van der Waals surface area contributed by atoms with Gasteiger partial charge in [-0.3, -0.25) is 0 Å². The molecule has 0 spiro atoms. The summed E-state index contributed by atoms with van der Waals surface area (Å²) in [5, 5.41) is 0. The lowest BCUT2D eigenvalue weighted by Crippen LogP contribution is -2.48. The molecule has 0 aliphatic carbocycles. The molecule has 2 aromatic carbocycles. The topological polar surface area (TPSA) is 42.8 Å². The highest BCUT2D eigenvalue weighted by atomic mass is 16.5. The van der Waals surface area contributed by atoms with Gasteiger partial charge in [0.15, 0.2) is 11.5 Å². The maximum atomic E-state index is 5.53. The Labute approximate surface area is 216 Å². The van der Waals surface area contributed by atoms with Gasteiger partial charge >= 0.3 is 0 Å². The van der Waals surface area contributed by atoms with Crippen LogP contribution < -0.4 is 9.47 Å². The summed E-state index contributed by atoms with van der Waals surface area (Å²) in [5.74, 6) is 3.03. The van der Waals surface area contributed by atoms with E-state index in [0.29, 0.717) is 12.0 Å². The number of piperidine rings is 2. The first-order valence-electron chi connectivity index (χ1n) is 13.6. The third-order valence-electron chi connectivity index (χ3n) is 8.59. The van der Waals surface area contributed by atoms with Crippen molar-refractivity contribution in [2.45, 2.75) is 64.5 Å². The van der Waals surface area contributed by atoms with Crippen molar-refractivity contribution in [1.82, 2.24) is 19.4 Å². The molecule has 0 atom stereocenters. The van der Waals surface area contributed by atoms with E-state index in [-0.39, 0.29) is 0 Å². The van der Waals surface area contributed by atoms with Crippen LogP contribution >= 0.6 is 0 Å². The van der Waals surface area contributed by atoms with Gasteiger partial charge in [0.05, 0.1) is 25.3 Å². The number of rotatable bonds is 6. The van der Waals surface area contributed by atoms with Crippen molar-refractivity contribution in [3.05, 3.63) is 41.5 Å². The number of aryl methyl sites for hydroxylation is 2. The molecule has 5 rings (SSSR count). The average Bonchev–Trinajstić information content (AvgIpc) is 3.25. The number of hydrogen-bond acceptors (Lipinski definition) is 5. The number of nitrogens with zero attached hydrogens (tertiary/aromatic N) is 4. The van der Waals surface area contributed by atoms with Crippen LogP contribution in [0.1, 0.15) is 56.6 Å². The van der Waals surface area contributed by atoms with Gasteiger partial charge < -0.3 is 23.8 Å². The molecule has 0 saturated carbocycles. The third-order valence-corrected chi connectivity index (χ3v) is 8.59. The van der Waals surface area contributed by atoms with Gasteiger partial charge in [-0.15, -0.1) is 0 Å². The number of benzene rings is 2. The van der Waals surface area contributed by atoms with E-state index in [1.807, 2.05) is 12.1 Å². The van der Waals surface area contributed by atoms with Crippen LogP contribution in [0.4, 0.5) is 0 Å². The third kappa shape index (κ3) is 4.73. The fourth-order valence-corrected chi connectivity index (χ4v) is 6.32. The largest absolute Gasteiger partial charge is 0.493 e. The molecule has 2 aliphatic rings. The Morgan fingerprint density at radius 1 is 0.889 bits per heavy atom. The molecule has 194 valence electrons. The molecule has 2 fully saturated rings. The molecule has 6 nitrogen and oxygen atoms in total. The van der Waals surface area contributed by atoms with Gasteiger partial charge in [0.1, 0.15) is 5.82 Å². The number of aromatic nitrogens is 2. The molecule has 2 aliphatic heterocycles. The molecule has 1 aromatic heterocycles. The summed E-state index contributed by atoms with van der Waals surface area (Å²) >= 11 is 0. The van der Waals surface area contributed by atoms with Crippen molar-refractivity contribution in [2.75, 3.05) is 40.4 Å². The van der Waals surface area contributed by atoms with E-state index in [1.54, 1.807) is 14.2 Å². The van der Waals surface area contributed by atoms with Crippen LogP contribution in [0, 0.1) is 6.92 Å². The predicted molar refractivity (Wildman–Crippen MR) is 147 cm³/mol. The van der Waals surface area contributed by atoms with Crippen LogP contribution in [-0.4, -0.2) is 71.8 Å². The van der Waals surface area contributed by atoms with Gasteiger partial charge in [0, 0.05) is 24.7 Å². The minimum Gasteiger partial charge on any atom is -0.493 e. The molecule has 2 saturated heterocycles. The van der Waals surface area contributed by atoms with Crippen molar-refractivity contribution >= 4 is 11.0 Å². The maximum Gasteiger partial charge on any atom is 0.161 e. The van der Waals surface area contributed by atoms with Crippen LogP contribution in [0.2, 0.25) is 0 Å². The second-order valence-corrected chi connectivity index (χ2v) is 10.9. The summed E-state index contributed by atoms with van der Waals surface area (Å²) in [4.78, 5) is 10.5. The molecule has 3 heterocycles. The number of methoxy groups -OCH3 is 2. The molecular formula is C30H42N4O2. The Kier molecular flexibility index (Phi) is 7.27. The normalized spacial score (nSPS) is 18.9. The van der Waals surface area contributed by atoms with Crippen molar-refractivity contribution in [1.29, 1.82) is 0 Å². The van der Waals surface area contributed by atoms with Crippen LogP contribution in [0.5, 0.6) is 11.5 Å². The minimum absolute atomic E-state index is 0.625. The molecule has 0 N–H and O–H groups in total. The molecule has 0 radical (unpaired) electrons. The summed E-state index contributed by atoms with van der Waals surface area (Å²) in [6.07, 6.45) is 5.13. The Bertz CT molecular complexity index is 1200. The lowest BCUT2D eigenvalue weighted by molar-refractivity contribution is 0.0753. The summed E-state index contributed by atoms with van der Waals surface area (Å²) in [6, 6.07) is 12.2. The molecule has 3 aromatic rings. The first-order valence-corrected chi connectivity index (χ1v) is 13.6. The quantitative estimate of drug-likeness (QED) is 0.449. The van der Waals surface area contributed by atoms with Crippen molar-refractivity contribution in [2.24, 2.45) is 7.05 Å². The Balaban J connectivity index is 1.33. The predicted octanol–water partition coefficient (Wildman–Crippen LogP) is 5.62. The average molecular weight is 491 g/mol. The lowest BCUT2D eigenvalue weighted by Gasteiger charge is -2.43. The van der Waals surface area contributed by atoms with Gasteiger partial charge in [0.2, 0.25) is 0 Å². The van der Waals surface area contributed by atoms with Crippen LogP contribution in [0.25, 0.3) is 22.4 Å². The Morgan fingerprint density at radius 3 is 2.22 bits per heavy atom. The first kappa shape index (κ1) is 25.1. The molecule has 36 heavy (non-hydrogen) atoms. The highest BCUT2D eigenvalue weighted by molar-refractivity contribution is 5.84. The van der Waals surface area contributed by atoms with Gasteiger partial charge in [-0.1, -0.05) is 6.07 Å². The van der Waals surface area contributed by atoms with Crippen LogP contribution in [-0.2, 0) is 7.05 Å². The summed E-state index contributed by atoms with van der Waals surface area (Å²) in [5.41, 5.74) is 6.05. The zero-order chi connectivity index (χ0) is 25.4. The van der Waals surface area contributed by atoms with E-state index < -0.39 is 0 Å². The van der Waals surface area contributed by atoms with Gasteiger partial charge in [-0.2, -0.15) is 0 Å². The SMILES string of the molecule is COc1ccc(-c2nc3c(C)cc(C4CCN(C5CCN(C(C)C)CC5)CC4)cc3n2C)cc1OC. The van der Waals surface area contributed by atoms with Crippen molar-refractivity contribution < 1.29 is 9.47 Å². The van der Waals surface area contributed by atoms with Crippen LogP contribution in [0.3, 0.4) is 0 Å². The van der Waals surface area contributed by atoms with Gasteiger partial charge in [0.25, 0.3) is 0 Å². The zero-order valence-electron chi connectivity index (χ0n) is 22.9. The van der Waals surface area contributed by atoms with E-state index in [1.165, 1.54) is 68.5 Å². The second-order valence-electron chi connectivity index (χ2n) is 10.9. The Morgan fingerprint density at radius 2 is 1.58 bits per heavy atom. The Hall–Kier alpha value is -2.57. The summed E-state index contributed by atoms with van der Waals surface area (Å²) < 4.78 is 13.2. The number of imidazole rings is 1. The standard InChI is InChI=1S/C30H42N4O2/c1-20(2)33-15-11-25(12-16-33)34-13-9-22(10-14-34)24-17-21(3)29-26(18-24)32(4)30(31-29)23-7-8-27(35-5)28(19-23)36-6/h7-8,17-20,22,25H,9-16H2,1-6H3. The number of ether oxygens (including phenoxy) is 2. The first-order chi connectivity index (χ1) is 17.4. The fraction of sp³-hybridized carbons (Fsp3) is 0.567. The van der Waals surface area contributed by atoms with E-state index in [9.17, 15) is 0 Å². The van der Waals surface area contributed by atoms with E-state index in [2.05, 4.69) is 60.4 Å². The number of likely N-dealkylation sites (tertiary alicyclic amines) is 2. The minimum atomic E-state index is 0.625. The molecule has 6 heteroatoms. The molecular weight excluding hydrogens is 448 g/mol. The van der Waals surface area contributed by atoms with Crippen LogP contribution in [0.15, 0.2) is 30.3 Å². The second kappa shape index (κ2) is 10.4. The zero-order valence-corrected chi connectivity index (χ0v) is 22.9. The molecule has 0 amide bonds. The van der Waals surface area contributed by atoms with Gasteiger partial charge in [-0.05, 0) is 114 Å². The van der Waals surface area contributed by atoms with E-state index in [4.69, 9.17) is 14.5 Å². The highest BCUT2D eigenvalue weighted by Crippen LogP contribution is 2.36. The molecule has 0 bridgehead atoms.